The maximum absolute atomic E-state index is 14.0. The first kappa shape index (κ1) is 19.1. The minimum Gasteiger partial charge on any atom is -0.423 e. The number of hydrogen-bond donors (Lipinski definition) is 0. The van der Waals surface area contributed by atoms with Gasteiger partial charge in [-0.3, -0.25) is 0 Å². The highest BCUT2D eigenvalue weighted by molar-refractivity contribution is 5.91. The van der Waals surface area contributed by atoms with Crippen LogP contribution in [0.3, 0.4) is 0 Å². The molecule has 0 aliphatic rings. The third-order valence-electron chi connectivity index (χ3n) is 3.39. The van der Waals surface area contributed by atoms with E-state index in [1.54, 1.807) is 0 Å². The zero-order valence-corrected chi connectivity index (χ0v) is 13.1. The van der Waals surface area contributed by atoms with Crippen LogP contribution in [0.4, 0.5) is 22.0 Å². The van der Waals surface area contributed by atoms with E-state index in [0.717, 1.165) is 0 Å². The summed E-state index contributed by atoms with van der Waals surface area (Å²) in [6, 6.07) is 2.88. The second kappa shape index (κ2) is 7.78. The molecule has 0 N–H and O–H groups in total. The number of rotatable bonds is 5. The van der Waals surface area contributed by atoms with Gasteiger partial charge in [-0.25, -0.2) is 26.7 Å². The third kappa shape index (κ3) is 3.72. The van der Waals surface area contributed by atoms with Gasteiger partial charge in [-0.1, -0.05) is 6.08 Å². The van der Waals surface area contributed by atoms with Gasteiger partial charge in [0.2, 0.25) is 0 Å². The van der Waals surface area contributed by atoms with Gasteiger partial charge in [0.05, 0.1) is 0 Å². The molecule has 0 fully saturated rings. The third-order valence-corrected chi connectivity index (χ3v) is 3.39. The summed E-state index contributed by atoms with van der Waals surface area (Å²) in [7, 11) is 0. The number of halogens is 5. The molecule has 2 rings (SSSR count). The number of aryl methyl sites for hydroxylation is 1. The summed E-state index contributed by atoms with van der Waals surface area (Å²) in [5.74, 6) is -9.68. The molecule has 0 heterocycles. The van der Waals surface area contributed by atoms with E-state index in [0.29, 0.717) is 18.2 Å². The van der Waals surface area contributed by atoms with Gasteiger partial charge < -0.3 is 4.74 Å². The second-order valence-electron chi connectivity index (χ2n) is 5.11. The molecule has 8 heteroatoms. The Bertz CT molecular complexity index is 911. The van der Waals surface area contributed by atoms with Crippen molar-refractivity contribution < 1.29 is 31.5 Å². The molecule has 0 atom stereocenters. The summed E-state index contributed by atoms with van der Waals surface area (Å²) in [6.45, 7) is 3.40. The first-order valence-corrected chi connectivity index (χ1v) is 7.18. The van der Waals surface area contributed by atoms with Crippen molar-refractivity contribution in [1.82, 2.24) is 0 Å². The smallest absolute Gasteiger partial charge is 0.349 e. The first-order valence-electron chi connectivity index (χ1n) is 7.18. The highest BCUT2D eigenvalue weighted by Crippen LogP contribution is 2.25. The highest BCUT2D eigenvalue weighted by Gasteiger charge is 2.26. The molecule has 0 radical (unpaired) electrons. The van der Waals surface area contributed by atoms with Crippen LogP contribution in [0.15, 0.2) is 30.9 Å². The SMILES string of the molecule is C=CCCc1cc(F)c(C(=O)Oc2cc(F)c(C#N)c(F)c2)c(F)c1F. The van der Waals surface area contributed by atoms with Crippen LogP contribution in [-0.2, 0) is 6.42 Å². The lowest BCUT2D eigenvalue weighted by atomic mass is 10.0. The van der Waals surface area contributed by atoms with Crippen LogP contribution < -0.4 is 4.74 Å². The number of carbonyl (C=O) groups is 1. The summed E-state index contributed by atoms with van der Waals surface area (Å²) in [5.41, 5.74) is -2.55. The molecule has 0 bridgehead atoms. The number of nitrogens with zero attached hydrogens (tertiary/aromatic N) is 1. The molecule has 2 aromatic carbocycles. The number of ether oxygens (including phenoxy) is 1. The van der Waals surface area contributed by atoms with Crippen molar-refractivity contribution in [3.8, 4) is 11.8 Å². The molecular weight excluding hydrogens is 357 g/mol. The molecule has 134 valence electrons. The van der Waals surface area contributed by atoms with Crippen molar-refractivity contribution in [3.63, 3.8) is 0 Å². The van der Waals surface area contributed by atoms with Gasteiger partial charge in [0.15, 0.2) is 11.6 Å². The Hall–Kier alpha value is -3.21. The van der Waals surface area contributed by atoms with Gasteiger partial charge in [-0.15, -0.1) is 6.58 Å². The van der Waals surface area contributed by atoms with E-state index in [2.05, 4.69) is 11.3 Å². The summed E-state index contributed by atoms with van der Waals surface area (Å²) in [4.78, 5) is 11.9. The molecule has 0 saturated carbocycles. The summed E-state index contributed by atoms with van der Waals surface area (Å²) >= 11 is 0. The van der Waals surface area contributed by atoms with E-state index in [1.165, 1.54) is 12.1 Å². The molecule has 2 aromatic rings. The first-order chi connectivity index (χ1) is 12.3. The fourth-order valence-corrected chi connectivity index (χ4v) is 2.14. The van der Waals surface area contributed by atoms with E-state index < -0.39 is 51.9 Å². The lowest BCUT2D eigenvalue weighted by Gasteiger charge is -2.10. The molecule has 26 heavy (non-hydrogen) atoms. The van der Waals surface area contributed by atoms with E-state index in [9.17, 15) is 26.7 Å². The molecule has 0 aromatic heterocycles. The zero-order valence-electron chi connectivity index (χ0n) is 13.1. The highest BCUT2D eigenvalue weighted by atomic mass is 19.2. The number of allylic oxidation sites excluding steroid dienone is 1. The van der Waals surface area contributed by atoms with Gasteiger partial charge >= 0.3 is 5.97 Å². The van der Waals surface area contributed by atoms with Crippen molar-refractivity contribution in [2.24, 2.45) is 0 Å². The van der Waals surface area contributed by atoms with Crippen LogP contribution in [0, 0.1) is 40.4 Å². The molecule has 0 aliphatic carbocycles. The number of benzene rings is 2. The van der Waals surface area contributed by atoms with Crippen LogP contribution in [0.2, 0.25) is 0 Å². The number of nitriles is 1. The van der Waals surface area contributed by atoms with Crippen LogP contribution in [0.5, 0.6) is 5.75 Å². The Labute approximate surface area is 144 Å². The van der Waals surface area contributed by atoms with Gasteiger partial charge in [-0.05, 0) is 24.5 Å². The molecule has 0 aliphatic heterocycles. The lowest BCUT2D eigenvalue weighted by Crippen LogP contribution is -2.16. The maximum Gasteiger partial charge on any atom is 0.349 e. The fourth-order valence-electron chi connectivity index (χ4n) is 2.14. The molecule has 3 nitrogen and oxygen atoms in total. The van der Waals surface area contributed by atoms with Crippen molar-refractivity contribution >= 4 is 5.97 Å². The van der Waals surface area contributed by atoms with E-state index in [1.807, 2.05) is 0 Å². The Morgan fingerprint density at radius 2 is 1.69 bits per heavy atom. The van der Waals surface area contributed by atoms with Gasteiger partial charge in [0.25, 0.3) is 0 Å². The Morgan fingerprint density at radius 1 is 1.08 bits per heavy atom. The van der Waals surface area contributed by atoms with E-state index in [4.69, 9.17) is 5.26 Å². The quantitative estimate of drug-likeness (QED) is 0.255. The second-order valence-corrected chi connectivity index (χ2v) is 5.11. The van der Waals surface area contributed by atoms with E-state index in [-0.39, 0.29) is 18.4 Å². The topological polar surface area (TPSA) is 50.1 Å². The molecule has 0 unspecified atom stereocenters. The number of esters is 1. The lowest BCUT2D eigenvalue weighted by molar-refractivity contribution is 0.0722. The average molecular weight is 367 g/mol. The summed E-state index contributed by atoms with van der Waals surface area (Å²) < 4.78 is 73.5. The van der Waals surface area contributed by atoms with Crippen LogP contribution in [0.25, 0.3) is 0 Å². The van der Waals surface area contributed by atoms with Crippen molar-refractivity contribution in [2.45, 2.75) is 12.8 Å². The molecule has 0 spiro atoms. The van der Waals surface area contributed by atoms with Gasteiger partial charge in [0.1, 0.15) is 40.4 Å². The minimum absolute atomic E-state index is 0.0372. The predicted molar refractivity (Wildman–Crippen MR) is 80.9 cm³/mol. The molecule has 0 amide bonds. The fraction of sp³-hybridized carbons (Fsp3) is 0.111. The van der Waals surface area contributed by atoms with Crippen LogP contribution in [-0.4, -0.2) is 5.97 Å². The Morgan fingerprint density at radius 3 is 2.23 bits per heavy atom. The van der Waals surface area contributed by atoms with Crippen molar-refractivity contribution in [2.75, 3.05) is 0 Å². The van der Waals surface area contributed by atoms with Crippen LogP contribution in [0.1, 0.15) is 27.9 Å². The molecule has 0 saturated heterocycles. The standard InChI is InChI=1S/C18H10F5NO2/c1-2-3-4-9-5-14(21)15(17(23)16(9)22)18(25)26-10-6-12(19)11(8-24)13(20)7-10/h2,5-7H,1,3-4H2. The summed E-state index contributed by atoms with van der Waals surface area (Å²) in [5, 5.41) is 8.56. The Kier molecular flexibility index (Phi) is 5.72. The number of carbonyl (C=O) groups excluding carboxylic acids is 1. The van der Waals surface area contributed by atoms with Crippen molar-refractivity contribution in [3.05, 3.63) is 76.6 Å². The van der Waals surface area contributed by atoms with Crippen molar-refractivity contribution in [1.29, 1.82) is 5.26 Å². The minimum atomic E-state index is -1.77. The predicted octanol–water partition coefficient (Wildman–Crippen LogP) is 4.59. The zero-order chi connectivity index (χ0) is 19.4. The van der Waals surface area contributed by atoms with Crippen LogP contribution >= 0.6 is 0 Å². The number of hydrogen-bond acceptors (Lipinski definition) is 3. The van der Waals surface area contributed by atoms with Gasteiger partial charge in [0, 0.05) is 12.1 Å². The Balaban J connectivity index is 2.38. The average Bonchev–Trinajstić information content (AvgIpc) is 2.56. The monoisotopic (exact) mass is 367 g/mol. The maximum atomic E-state index is 14.0. The van der Waals surface area contributed by atoms with Gasteiger partial charge in [-0.2, -0.15) is 5.26 Å². The largest absolute Gasteiger partial charge is 0.423 e. The summed E-state index contributed by atoms with van der Waals surface area (Å²) in [6.07, 6.45) is 1.64. The molecular formula is C18H10F5NO2. The normalized spacial score (nSPS) is 10.3. The van der Waals surface area contributed by atoms with E-state index >= 15 is 0 Å².